The molecule has 1 unspecified atom stereocenters. The van der Waals surface area contributed by atoms with E-state index in [0.29, 0.717) is 18.7 Å². The maximum Gasteiger partial charge on any atom is 0.328 e. The molecule has 1 aromatic rings. The van der Waals surface area contributed by atoms with Crippen molar-refractivity contribution >= 4 is 35.2 Å². The highest BCUT2D eigenvalue weighted by atomic mass is 32.1. The molecule has 1 saturated heterocycles. The Labute approximate surface area is 126 Å². The number of carbonyl (C=O) groups excluding carboxylic acids is 2. The smallest absolute Gasteiger partial charge is 0.328 e. The van der Waals surface area contributed by atoms with Crippen LogP contribution in [0.5, 0.6) is 0 Å². The van der Waals surface area contributed by atoms with E-state index in [2.05, 4.69) is 5.32 Å². The van der Waals surface area contributed by atoms with E-state index in [0.717, 1.165) is 17.4 Å². The number of carboxylic acids is 1. The fourth-order valence-corrected chi connectivity index (χ4v) is 3.01. The van der Waals surface area contributed by atoms with Gasteiger partial charge in [-0.15, -0.1) is 11.3 Å². The van der Waals surface area contributed by atoms with Gasteiger partial charge in [0.2, 0.25) is 5.91 Å². The number of aliphatic carboxylic acids is 1. The minimum Gasteiger partial charge on any atom is -0.478 e. The average Bonchev–Trinajstić information content (AvgIpc) is 3.03. The molecule has 0 aliphatic carbocycles. The van der Waals surface area contributed by atoms with Crippen molar-refractivity contribution in [2.45, 2.75) is 19.4 Å². The van der Waals surface area contributed by atoms with Crippen molar-refractivity contribution < 1.29 is 19.5 Å². The van der Waals surface area contributed by atoms with Gasteiger partial charge in [-0.25, -0.2) is 4.79 Å². The molecule has 0 spiro atoms. The van der Waals surface area contributed by atoms with E-state index in [1.54, 1.807) is 16.3 Å². The lowest BCUT2D eigenvalue weighted by Crippen LogP contribution is -2.37. The van der Waals surface area contributed by atoms with Gasteiger partial charge in [-0.05, 0) is 18.6 Å². The molecular weight excluding hydrogens is 292 g/mol. The zero-order valence-corrected chi connectivity index (χ0v) is 12.4. The van der Waals surface area contributed by atoms with Crippen LogP contribution in [0.1, 0.15) is 28.6 Å². The van der Waals surface area contributed by atoms with Gasteiger partial charge in [0.05, 0.1) is 5.56 Å². The van der Waals surface area contributed by atoms with Crippen molar-refractivity contribution in [3.8, 4) is 0 Å². The summed E-state index contributed by atoms with van der Waals surface area (Å²) >= 11 is 1.32. The zero-order valence-electron chi connectivity index (χ0n) is 11.5. The van der Waals surface area contributed by atoms with E-state index in [9.17, 15) is 14.4 Å². The molecule has 1 fully saturated rings. The van der Waals surface area contributed by atoms with Crippen LogP contribution in [0.4, 0.5) is 0 Å². The second-order valence-corrected chi connectivity index (χ2v) is 5.79. The Morgan fingerprint density at radius 2 is 2.24 bits per heavy atom. The predicted octanol–water partition coefficient (Wildman–Crippen LogP) is 1.20. The Balaban J connectivity index is 1.98. The van der Waals surface area contributed by atoms with Gasteiger partial charge in [0.15, 0.2) is 0 Å². The van der Waals surface area contributed by atoms with Crippen LogP contribution in [0, 0.1) is 0 Å². The number of carbonyl (C=O) groups is 3. The van der Waals surface area contributed by atoms with E-state index in [1.807, 2.05) is 0 Å². The van der Waals surface area contributed by atoms with Crippen molar-refractivity contribution in [2.24, 2.45) is 0 Å². The standard InChI is InChI=1S/C14H16N2O4S/c1-9(17)15-11-4-5-16(7-11)14(20)10-6-12(21-8-10)2-3-13(18)19/h2-3,6,8,11H,4-5,7H2,1H3,(H,15,17)(H,18,19)/b3-2+. The van der Waals surface area contributed by atoms with E-state index in [4.69, 9.17) is 5.11 Å². The molecule has 1 aromatic heterocycles. The minimum atomic E-state index is -1.02. The lowest BCUT2D eigenvalue weighted by molar-refractivity contribution is -0.131. The topological polar surface area (TPSA) is 86.7 Å². The number of amides is 2. The maximum atomic E-state index is 12.3. The van der Waals surface area contributed by atoms with Crippen LogP contribution in [0.2, 0.25) is 0 Å². The lowest BCUT2D eigenvalue weighted by Gasteiger charge is -2.15. The van der Waals surface area contributed by atoms with Crippen LogP contribution >= 0.6 is 11.3 Å². The molecular formula is C14H16N2O4S. The largest absolute Gasteiger partial charge is 0.478 e. The first kappa shape index (κ1) is 15.2. The molecule has 0 bridgehead atoms. The highest BCUT2D eigenvalue weighted by Crippen LogP contribution is 2.20. The number of hydrogen-bond donors (Lipinski definition) is 2. The summed E-state index contributed by atoms with van der Waals surface area (Å²) in [6.07, 6.45) is 3.26. The molecule has 112 valence electrons. The first-order chi connectivity index (χ1) is 9.95. The molecule has 6 nitrogen and oxygen atoms in total. The molecule has 21 heavy (non-hydrogen) atoms. The monoisotopic (exact) mass is 308 g/mol. The molecule has 2 N–H and O–H groups in total. The van der Waals surface area contributed by atoms with Gasteiger partial charge < -0.3 is 15.3 Å². The maximum absolute atomic E-state index is 12.3. The molecule has 0 radical (unpaired) electrons. The molecule has 7 heteroatoms. The molecule has 2 heterocycles. The van der Waals surface area contributed by atoms with Crippen LogP contribution in [0.3, 0.4) is 0 Å². The molecule has 2 rings (SSSR count). The first-order valence-corrected chi connectivity index (χ1v) is 7.39. The second kappa shape index (κ2) is 6.53. The van der Waals surface area contributed by atoms with Crippen LogP contribution < -0.4 is 5.32 Å². The molecule has 1 aliphatic rings. The van der Waals surface area contributed by atoms with Crippen molar-refractivity contribution in [2.75, 3.05) is 13.1 Å². The van der Waals surface area contributed by atoms with E-state index in [1.165, 1.54) is 24.3 Å². The fourth-order valence-electron chi connectivity index (χ4n) is 2.24. The van der Waals surface area contributed by atoms with Crippen LogP contribution in [-0.2, 0) is 9.59 Å². The van der Waals surface area contributed by atoms with Gasteiger partial charge in [-0.2, -0.15) is 0 Å². The van der Waals surface area contributed by atoms with Gasteiger partial charge >= 0.3 is 5.97 Å². The Morgan fingerprint density at radius 3 is 2.90 bits per heavy atom. The minimum absolute atomic E-state index is 0.0106. The molecule has 2 amide bonds. The third-order valence-electron chi connectivity index (χ3n) is 3.14. The van der Waals surface area contributed by atoms with Crippen molar-refractivity contribution in [1.82, 2.24) is 10.2 Å². The number of rotatable bonds is 4. The summed E-state index contributed by atoms with van der Waals surface area (Å²) < 4.78 is 0. The summed E-state index contributed by atoms with van der Waals surface area (Å²) in [4.78, 5) is 36.2. The van der Waals surface area contributed by atoms with Crippen molar-refractivity contribution in [3.05, 3.63) is 28.0 Å². The number of hydrogen-bond acceptors (Lipinski definition) is 4. The highest BCUT2D eigenvalue weighted by Gasteiger charge is 2.27. The number of thiophene rings is 1. The number of carboxylic acid groups (broad SMARTS) is 1. The Hall–Kier alpha value is -2.15. The molecule has 0 aromatic carbocycles. The summed E-state index contributed by atoms with van der Waals surface area (Å²) in [5, 5.41) is 13.1. The van der Waals surface area contributed by atoms with Gasteiger partial charge in [0, 0.05) is 42.4 Å². The van der Waals surface area contributed by atoms with Crippen molar-refractivity contribution in [3.63, 3.8) is 0 Å². The van der Waals surface area contributed by atoms with E-state index >= 15 is 0 Å². The summed E-state index contributed by atoms with van der Waals surface area (Å²) in [7, 11) is 0. The van der Waals surface area contributed by atoms with Gasteiger partial charge in [0.1, 0.15) is 0 Å². The Kier molecular flexibility index (Phi) is 4.74. The van der Waals surface area contributed by atoms with Crippen LogP contribution in [-0.4, -0.2) is 46.9 Å². The summed E-state index contributed by atoms with van der Waals surface area (Å²) in [6.45, 7) is 2.58. The van der Waals surface area contributed by atoms with Crippen molar-refractivity contribution in [1.29, 1.82) is 0 Å². The van der Waals surface area contributed by atoms with E-state index in [-0.39, 0.29) is 17.9 Å². The molecule has 1 aliphatic heterocycles. The lowest BCUT2D eigenvalue weighted by atomic mass is 10.2. The fraction of sp³-hybridized carbons (Fsp3) is 0.357. The SMILES string of the molecule is CC(=O)NC1CCN(C(=O)c2csc(/C=C/C(=O)O)c2)C1. The summed E-state index contributed by atoms with van der Waals surface area (Å²) in [6, 6.07) is 1.69. The zero-order chi connectivity index (χ0) is 15.4. The number of likely N-dealkylation sites (tertiary alicyclic amines) is 1. The van der Waals surface area contributed by atoms with Crippen LogP contribution in [0.25, 0.3) is 6.08 Å². The quantitative estimate of drug-likeness (QED) is 0.818. The highest BCUT2D eigenvalue weighted by molar-refractivity contribution is 7.11. The third-order valence-corrected chi connectivity index (χ3v) is 4.04. The second-order valence-electron chi connectivity index (χ2n) is 4.85. The summed E-state index contributed by atoms with van der Waals surface area (Å²) in [5.41, 5.74) is 0.550. The van der Waals surface area contributed by atoms with E-state index < -0.39 is 5.97 Å². The number of nitrogens with one attached hydrogen (secondary N) is 1. The third kappa shape index (κ3) is 4.16. The molecule has 0 saturated carbocycles. The van der Waals surface area contributed by atoms with Gasteiger partial charge in [-0.1, -0.05) is 0 Å². The number of nitrogens with zero attached hydrogens (tertiary/aromatic N) is 1. The van der Waals surface area contributed by atoms with Gasteiger partial charge in [0.25, 0.3) is 5.91 Å². The average molecular weight is 308 g/mol. The van der Waals surface area contributed by atoms with Gasteiger partial charge in [-0.3, -0.25) is 9.59 Å². The normalized spacial score (nSPS) is 18.1. The summed E-state index contributed by atoms with van der Waals surface area (Å²) in [5.74, 6) is -1.20. The molecule has 1 atom stereocenters. The Bertz CT molecular complexity index is 594. The van der Waals surface area contributed by atoms with Crippen LogP contribution in [0.15, 0.2) is 17.5 Å². The predicted molar refractivity (Wildman–Crippen MR) is 79.1 cm³/mol. The Morgan fingerprint density at radius 1 is 1.48 bits per heavy atom. The first-order valence-electron chi connectivity index (χ1n) is 6.51.